The molecule has 0 saturated carbocycles. The Hall–Kier alpha value is -1.74. The number of nitrogens with one attached hydrogen (secondary N) is 1. The van der Waals surface area contributed by atoms with Crippen molar-refractivity contribution < 1.29 is 4.42 Å². The van der Waals surface area contributed by atoms with Crippen LogP contribution in [-0.2, 0) is 0 Å². The van der Waals surface area contributed by atoms with E-state index in [2.05, 4.69) is 9.97 Å². The molecule has 15 heavy (non-hydrogen) atoms. The van der Waals surface area contributed by atoms with Gasteiger partial charge in [0.15, 0.2) is 0 Å². The zero-order valence-corrected chi connectivity index (χ0v) is 8.45. The molecule has 0 fully saturated rings. The zero-order valence-electron chi connectivity index (χ0n) is 7.70. The Morgan fingerprint density at radius 2 is 2.27 bits per heavy atom. The van der Waals surface area contributed by atoms with E-state index in [4.69, 9.17) is 16.0 Å². The average Bonchev–Trinajstić information content (AvgIpc) is 2.85. The molecular formula is C11H7ClN2O. The van der Waals surface area contributed by atoms with Crippen LogP contribution < -0.4 is 0 Å². The van der Waals surface area contributed by atoms with Gasteiger partial charge in [0.1, 0.15) is 11.3 Å². The van der Waals surface area contributed by atoms with Crippen LogP contribution in [0.15, 0.2) is 41.3 Å². The van der Waals surface area contributed by atoms with Gasteiger partial charge in [0.25, 0.3) is 0 Å². The number of pyridine rings is 1. The van der Waals surface area contributed by atoms with Gasteiger partial charge < -0.3 is 9.40 Å². The number of aromatic nitrogens is 2. The second-order valence-electron chi connectivity index (χ2n) is 3.20. The van der Waals surface area contributed by atoms with E-state index in [1.54, 1.807) is 18.5 Å². The van der Waals surface area contributed by atoms with Gasteiger partial charge in [0.05, 0.1) is 22.4 Å². The molecule has 0 aromatic carbocycles. The van der Waals surface area contributed by atoms with Crippen LogP contribution in [0.5, 0.6) is 0 Å². The van der Waals surface area contributed by atoms with Gasteiger partial charge in [-0.15, -0.1) is 0 Å². The molecule has 1 N–H and O–H groups in total. The van der Waals surface area contributed by atoms with E-state index in [-0.39, 0.29) is 0 Å². The van der Waals surface area contributed by atoms with Crippen LogP contribution in [0.2, 0.25) is 5.02 Å². The molecule has 0 aliphatic heterocycles. The van der Waals surface area contributed by atoms with Gasteiger partial charge in [-0.05, 0) is 18.2 Å². The summed E-state index contributed by atoms with van der Waals surface area (Å²) in [6.07, 6.45) is 5.17. The van der Waals surface area contributed by atoms with Crippen LogP contribution in [0.4, 0.5) is 0 Å². The summed E-state index contributed by atoms with van der Waals surface area (Å²) in [5.41, 5.74) is 2.60. The number of rotatable bonds is 1. The third-order valence-electron chi connectivity index (χ3n) is 2.30. The van der Waals surface area contributed by atoms with Crippen molar-refractivity contribution >= 4 is 22.6 Å². The Labute approximate surface area is 90.7 Å². The minimum atomic E-state index is 0.665. The first-order valence-corrected chi connectivity index (χ1v) is 4.89. The highest BCUT2D eigenvalue weighted by Gasteiger charge is 2.10. The highest BCUT2D eigenvalue weighted by molar-refractivity contribution is 6.35. The van der Waals surface area contributed by atoms with Crippen molar-refractivity contribution in [2.75, 3.05) is 0 Å². The van der Waals surface area contributed by atoms with Crippen LogP contribution in [-0.4, -0.2) is 9.97 Å². The predicted octanol–water partition coefficient (Wildman–Crippen LogP) is 3.48. The Bertz CT molecular complexity index is 598. The fourth-order valence-electron chi connectivity index (χ4n) is 1.61. The molecular weight excluding hydrogens is 212 g/mol. The number of nitrogens with zero attached hydrogens (tertiary/aromatic N) is 1. The van der Waals surface area contributed by atoms with E-state index >= 15 is 0 Å². The lowest BCUT2D eigenvalue weighted by molar-refractivity contribution is 0.583. The molecule has 0 aliphatic rings. The first kappa shape index (κ1) is 8.56. The van der Waals surface area contributed by atoms with Gasteiger partial charge >= 0.3 is 0 Å². The van der Waals surface area contributed by atoms with Crippen LogP contribution in [0.25, 0.3) is 22.4 Å². The molecule has 0 amide bonds. The molecule has 3 aromatic heterocycles. The highest BCUT2D eigenvalue weighted by atomic mass is 35.5. The SMILES string of the molecule is Clc1ccnc2c(-c3ccco3)c[nH]c12. The van der Waals surface area contributed by atoms with Crippen molar-refractivity contribution in [2.24, 2.45) is 0 Å². The highest BCUT2D eigenvalue weighted by Crippen LogP contribution is 2.30. The lowest BCUT2D eigenvalue weighted by Gasteiger charge is -1.94. The molecule has 0 radical (unpaired) electrons. The van der Waals surface area contributed by atoms with Gasteiger partial charge in [-0.25, -0.2) is 0 Å². The molecule has 3 rings (SSSR count). The summed E-state index contributed by atoms with van der Waals surface area (Å²) in [6, 6.07) is 5.50. The van der Waals surface area contributed by atoms with Crippen LogP contribution in [0.3, 0.4) is 0 Å². The average molecular weight is 219 g/mol. The van der Waals surface area contributed by atoms with E-state index in [9.17, 15) is 0 Å². The summed E-state index contributed by atoms with van der Waals surface area (Å²) in [5.74, 6) is 0.788. The van der Waals surface area contributed by atoms with Crippen LogP contribution in [0, 0.1) is 0 Å². The first-order valence-electron chi connectivity index (χ1n) is 4.52. The van der Waals surface area contributed by atoms with Crippen molar-refractivity contribution in [3.8, 4) is 11.3 Å². The maximum Gasteiger partial charge on any atom is 0.137 e. The largest absolute Gasteiger partial charge is 0.464 e. The quantitative estimate of drug-likeness (QED) is 0.680. The molecule has 0 unspecified atom stereocenters. The van der Waals surface area contributed by atoms with E-state index < -0.39 is 0 Å². The summed E-state index contributed by atoms with van der Waals surface area (Å²) in [7, 11) is 0. The van der Waals surface area contributed by atoms with E-state index in [0.29, 0.717) is 5.02 Å². The number of fused-ring (bicyclic) bond motifs is 1. The van der Waals surface area contributed by atoms with E-state index in [1.807, 2.05) is 18.3 Å². The first-order chi connectivity index (χ1) is 7.36. The van der Waals surface area contributed by atoms with Crippen molar-refractivity contribution in [1.82, 2.24) is 9.97 Å². The van der Waals surface area contributed by atoms with Gasteiger partial charge in [0, 0.05) is 12.4 Å². The molecule has 3 aromatic rings. The fraction of sp³-hybridized carbons (Fsp3) is 0. The van der Waals surface area contributed by atoms with Crippen molar-refractivity contribution in [3.05, 3.63) is 41.9 Å². The van der Waals surface area contributed by atoms with Crippen molar-refractivity contribution in [2.45, 2.75) is 0 Å². The Kier molecular flexibility index (Phi) is 1.79. The molecule has 3 nitrogen and oxygen atoms in total. The van der Waals surface area contributed by atoms with Gasteiger partial charge in [-0.1, -0.05) is 11.6 Å². The molecule has 0 aliphatic carbocycles. The molecule has 0 bridgehead atoms. The maximum atomic E-state index is 6.03. The molecule has 74 valence electrons. The minimum Gasteiger partial charge on any atom is -0.464 e. The summed E-state index contributed by atoms with van der Waals surface area (Å²) >= 11 is 6.03. The molecule has 0 atom stereocenters. The lowest BCUT2D eigenvalue weighted by atomic mass is 10.2. The smallest absolute Gasteiger partial charge is 0.137 e. The second-order valence-corrected chi connectivity index (χ2v) is 3.60. The van der Waals surface area contributed by atoms with Crippen LogP contribution >= 0.6 is 11.6 Å². The lowest BCUT2D eigenvalue weighted by Crippen LogP contribution is -1.76. The Morgan fingerprint density at radius 1 is 1.33 bits per heavy atom. The topological polar surface area (TPSA) is 41.8 Å². The monoisotopic (exact) mass is 218 g/mol. The molecule has 3 heterocycles. The summed E-state index contributed by atoms with van der Waals surface area (Å²) < 4.78 is 5.32. The van der Waals surface area contributed by atoms with Crippen LogP contribution in [0.1, 0.15) is 0 Å². The van der Waals surface area contributed by atoms with Gasteiger partial charge in [0.2, 0.25) is 0 Å². The summed E-state index contributed by atoms with van der Waals surface area (Å²) in [6.45, 7) is 0. The van der Waals surface area contributed by atoms with Gasteiger partial charge in [-0.2, -0.15) is 0 Å². The minimum absolute atomic E-state index is 0.665. The number of aromatic amines is 1. The normalized spacial score (nSPS) is 11.0. The maximum absolute atomic E-state index is 6.03. The van der Waals surface area contributed by atoms with Crippen molar-refractivity contribution in [1.29, 1.82) is 0 Å². The summed E-state index contributed by atoms with van der Waals surface area (Å²) in [4.78, 5) is 7.37. The third kappa shape index (κ3) is 1.24. The molecule has 4 heteroatoms. The Balaban J connectivity index is 2.34. The number of hydrogen-bond acceptors (Lipinski definition) is 2. The van der Waals surface area contributed by atoms with E-state index in [1.165, 1.54) is 0 Å². The molecule has 0 saturated heterocycles. The van der Waals surface area contributed by atoms with Gasteiger partial charge in [-0.3, -0.25) is 4.98 Å². The molecule has 0 spiro atoms. The zero-order chi connectivity index (χ0) is 10.3. The van der Waals surface area contributed by atoms with E-state index in [0.717, 1.165) is 22.4 Å². The fourth-order valence-corrected chi connectivity index (χ4v) is 1.81. The number of halogens is 1. The summed E-state index contributed by atoms with van der Waals surface area (Å²) in [5, 5.41) is 0.665. The number of hydrogen-bond donors (Lipinski definition) is 1. The van der Waals surface area contributed by atoms with Crippen molar-refractivity contribution in [3.63, 3.8) is 0 Å². The second kappa shape index (κ2) is 3.14. The predicted molar refractivity (Wildman–Crippen MR) is 58.8 cm³/mol. The standard InChI is InChI=1S/C11H7ClN2O/c12-8-3-4-13-10-7(6-14-11(8)10)9-2-1-5-15-9/h1-6,14H. The number of furan rings is 1. The third-order valence-corrected chi connectivity index (χ3v) is 2.62. The number of H-pyrrole nitrogens is 1. The Morgan fingerprint density at radius 3 is 3.07 bits per heavy atom.